The van der Waals surface area contributed by atoms with E-state index < -0.39 is 0 Å². The molecule has 1 nitrogen and oxygen atoms in total. The first-order valence-electron chi connectivity index (χ1n) is 5.12. The molecule has 1 aliphatic rings. The van der Waals surface area contributed by atoms with Crippen LogP contribution in [0.5, 0.6) is 0 Å². The van der Waals surface area contributed by atoms with Crippen molar-refractivity contribution in [3.63, 3.8) is 0 Å². The van der Waals surface area contributed by atoms with Crippen LogP contribution in [0.15, 0.2) is 11.4 Å². The Morgan fingerprint density at radius 3 is 3.08 bits per heavy atom. The van der Waals surface area contributed by atoms with Gasteiger partial charge in [-0.1, -0.05) is 0 Å². The molecule has 1 fully saturated rings. The third-order valence-electron chi connectivity index (χ3n) is 2.80. The lowest BCUT2D eigenvalue weighted by Gasteiger charge is -2.10. The van der Waals surface area contributed by atoms with Gasteiger partial charge < -0.3 is 5.32 Å². The Balaban J connectivity index is 2.06. The van der Waals surface area contributed by atoms with Crippen molar-refractivity contribution < 1.29 is 0 Å². The van der Waals surface area contributed by atoms with Crippen LogP contribution in [0.3, 0.4) is 0 Å². The summed E-state index contributed by atoms with van der Waals surface area (Å²) in [4.78, 5) is 1.45. The molecule has 1 N–H and O–H groups in total. The third kappa shape index (κ3) is 2.32. The van der Waals surface area contributed by atoms with Gasteiger partial charge in [0.25, 0.3) is 0 Å². The van der Waals surface area contributed by atoms with E-state index in [1.54, 1.807) is 5.56 Å². The van der Waals surface area contributed by atoms with Gasteiger partial charge in [0.05, 0.1) is 0 Å². The summed E-state index contributed by atoms with van der Waals surface area (Å²) >= 11 is 1.88. The van der Waals surface area contributed by atoms with Crippen LogP contribution in [0.4, 0.5) is 0 Å². The van der Waals surface area contributed by atoms with Gasteiger partial charge in [-0.05, 0) is 62.2 Å². The summed E-state index contributed by atoms with van der Waals surface area (Å²) in [5, 5.41) is 5.80. The molecule has 2 heteroatoms. The fourth-order valence-electron chi connectivity index (χ4n) is 2.03. The molecule has 0 radical (unpaired) electrons. The summed E-state index contributed by atoms with van der Waals surface area (Å²) in [5.74, 6) is 0.819. The van der Waals surface area contributed by atoms with Crippen molar-refractivity contribution in [2.24, 2.45) is 0 Å². The number of rotatable bonds is 1. The minimum Gasteiger partial charge on any atom is -0.317 e. The maximum atomic E-state index is 3.46. The van der Waals surface area contributed by atoms with Gasteiger partial charge in [-0.2, -0.15) is 0 Å². The highest BCUT2D eigenvalue weighted by atomic mass is 32.1. The molecule has 13 heavy (non-hydrogen) atoms. The van der Waals surface area contributed by atoms with Crippen molar-refractivity contribution in [3.05, 3.63) is 21.9 Å². The summed E-state index contributed by atoms with van der Waals surface area (Å²) in [7, 11) is 0. The van der Waals surface area contributed by atoms with Crippen molar-refractivity contribution >= 4 is 11.3 Å². The van der Waals surface area contributed by atoms with E-state index in [1.807, 2.05) is 11.3 Å². The molecule has 1 saturated heterocycles. The first-order valence-corrected chi connectivity index (χ1v) is 6.00. The van der Waals surface area contributed by atoms with Crippen molar-refractivity contribution in [3.8, 4) is 0 Å². The Bertz CT molecular complexity index is 259. The quantitative estimate of drug-likeness (QED) is 0.726. The van der Waals surface area contributed by atoms with Crippen molar-refractivity contribution in [1.82, 2.24) is 5.32 Å². The molecular weight excluding hydrogens is 178 g/mol. The normalized spacial score (nSPS) is 24.2. The summed E-state index contributed by atoms with van der Waals surface area (Å²) in [6.45, 7) is 4.60. The summed E-state index contributed by atoms with van der Waals surface area (Å²) < 4.78 is 0. The fourth-order valence-corrected chi connectivity index (χ4v) is 2.82. The molecule has 0 saturated carbocycles. The average Bonchev–Trinajstić information content (AvgIpc) is 2.43. The molecule has 2 rings (SSSR count). The summed E-state index contributed by atoms with van der Waals surface area (Å²) in [5.41, 5.74) is 1.58. The highest BCUT2D eigenvalue weighted by Crippen LogP contribution is 2.29. The fraction of sp³-hybridized carbons (Fsp3) is 0.636. The Kier molecular flexibility index (Phi) is 3.01. The van der Waals surface area contributed by atoms with E-state index in [2.05, 4.69) is 23.7 Å². The molecule has 1 aliphatic heterocycles. The van der Waals surface area contributed by atoms with E-state index >= 15 is 0 Å². The molecule has 0 bridgehead atoms. The van der Waals surface area contributed by atoms with E-state index in [9.17, 15) is 0 Å². The van der Waals surface area contributed by atoms with Gasteiger partial charge in [0.2, 0.25) is 0 Å². The lowest BCUT2D eigenvalue weighted by molar-refractivity contribution is 0.611. The van der Waals surface area contributed by atoms with Crippen molar-refractivity contribution in [2.45, 2.75) is 32.1 Å². The number of thiophene rings is 1. The first kappa shape index (κ1) is 9.22. The predicted octanol–water partition coefficient (Wildman–Crippen LogP) is 2.91. The molecule has 72 valence electrons. The van der Waals surface area contributed by atoms with Crippen LogP contribution in [-0.4, -0.2) is 13.1 Å². The van der Waals surface area contributed by atoms with Crippen molar-refractivity contribution in [1.29, 1.82) is 0 Å². The Hall–Kier alpha value is -0.340. The van der Waals surface area contributed by atoms with Crippen LogP contribution in [-0.2, 0) is 0 Å². The zero-order chi connectivity index (χ0) is 9.10. The second-order valence-corrected chi connectivity index (χ2v) is 4.98. The third-order valence-corrected chi connectivity index (χ3v) is 3.68. The molecule has 1 atom stereocenters. The van der Waals surface area contributed by atoms with Crippen LogP contribution < -0.4 is 5.32 Å². The van der Waals surface area contributed by atoms with E-state index in [1.165, 1.54) is 37.2 Å². The average molecular weight is 195 g/mol. The summed E-state index contributed by atoms with van der Waals surface area (Å²) in [6, 6.07) is 2.36. The monoisotopic (exact) mass is 195 g/mol. The van der Waals surface area contributed by atoms with E-state index in [0.717, 1.165) is 5.92 Å². The Morgan fingerprint density at radius 1 is 1.38 bits per heavy atom. The SMILES string of the molecule is Cc1cc(C2CCCNCC2)cs1. The highest BCUT2D eigenvalue weighted by Gasteiger charge is 2.14. The van der Waals surface area contributed by atoms with Gasteiger partial charge in [0.1, 0.15) is 0 Å². The van der Waals surface area contributed by atoms with Crippen LogP contribution >= 0.6 is 11.3 Å². The molecule has 1 aromatic heterocycles. The minimum absolute atomic E-state index is 0.819. The topological polar surface area (TPSA) is 12.0 Å². The molecule has 0 spiro atoms. The molecule has 0 aliphatic carbocycles. The maximum absolute atomic E-state index is 3.46. The zero-order valence-corrected chi connectivity index (χ0v) is 8.99. The minimum atomic E-state index is 0.819. The largest absolute Gasteiger partial charge is 0.317 e. The molecule has 2 heterocycles. The van der Waals surface area contributed by atoms with Crippen LogP contribution in [0.2, 0.25) is 0 Å². The number of hydrogen-bond acceptors (Lipinski definition) is 2. The van der Waals surface area contributed by atoms with Crippen molar-refractivity contribution in [2.75, 3.05) is 13.1 Å². The second kappa shape index (κ2) is 4.25. The van der Waals surface area contributed by atoms with Gasteiger partial charge in [-0.15, -0.1) is 11.3 Å². The van der Waals surface area contributed by atoms with Gasteiger partial charge in [0.15, 0.2) is 0 Å². The lowest BCUT2D eigenvalue weighted by atomic mass is 9.94. The van der Waals surface area contributed by atoms with Gasteiger partial charge in [-0.3, -0.25) is 0 Å². The first-order chi connectivity index (χ1) is 6.36. The molecule has 0 amide bonds. The van der Waals surface area contributed by atoms with Crippen LogP contribution in [0.25, 0.3) is 0 Å². The molecular formula is C11H17NS. The maximum Gasteiger partial charge on any atom is 0.00171 e. The smallest absolute Gasteiger partial charge is 0.00171 e. The number of aryl methyl sites for hydroxylation is 1. The predicted molar refractivity (Wildman–Crippen MR) is 58.5 cm³/mol. The number of nitrogens with one attached hydrogen (secondary N) is 1. The van der Waals surface area contributed by atoms with Crippen LogP contribution in [0.1, 0.15) is 35.6 Å². The zero-order valence-electron chi connectivity index (χ0n) is 8.18. The van der Waals surface area contributed by atoms with Crippen LogP contribution in [0, 0.1) is 6.92 Å². The van der Waals surface area contributed by atoms with Gasteiger partial charge >= 0.3 is 0 Å². The highest BCUT2D eigenvalue weighted by molar-refractivity contribution is 7.10. The van der Waals surface area contributed by atoms with E-state index in [4.69, 9.17) is 0 Å². The van der Waals surface area contributed by atoms with E-state index in [0.29, 0.717) is 0 Å². The molecule has 0 aromatic carbocycles. The summed E-state index contributed by atoms with van der Waals surface area (Å²) in [6.07, 6.45) is 4.01. The lowest BCUT2D eigenvalue weighted by Crippen LogP contribution is -2.13. The Labute approximate surface area is 84.2 Å². The standard InChI is InChI=1S/C11H17NS/c1-9-7-11(8-13-9)10-3-2-5-12-6-4-10/h7-8,10,12H,2-6H2,1H3. The van der Waals surface area contributed by atoms with Gasteiger partial charge in [-0.25, -0.2) is 0 Å². The Morgan fingerprint density at radius 2 is 2.31 bits per heavy atom. The molecule has 1 unspecified atom stereocenters. The molecule has 1 aromatic rings. The van der Waals surface area contributed by atoms with Gasteiger partial charge in [0, 0.05) is 4.88 Å². The second-order valence-electron chi connectivity index (χ2n) is 3.87. The number of hydrogen-bond donors (Lipinski definition) is 1. The van der Waals surface area contributed by atoms with E-state index in [-0.39, 0.29) is 0 Å².